The predicted octanol–water partition coefficient (Wildman–Crippen LogP) is 4.16. The van der Waals surface area contributed by atoms with Crippen molar-refractivity contribution in [3.8, 4) is 11.5 Å². The molecule has 0 aliphatic rings. The van der Waals surface area contributed by atoms with Crippen LogP contribution >= 0.6 is 15.9 Å². The van der Waals surface area contributed by atoms with Crippen LogP contribution in [-0.2, 0) is 0 Å². The van der Waals surface area contributed by atoms with Gasteiger partial charge in [-0.3, -0.25) is 10.1 Å². The van der Waals surface area contributed by atoms with E-state index in [9.17, 15) is 14.9 Å². The standard InChI is InChI=1S/C14H10BrNO5/c1-8-2-4-13(11(6-8)16(19)20)21-12-5-3-9(15)7-10(12)14(17)18/h2-7H,1H3,(H,17,18). The second kappa shape index (κ2) is 5.92. The zero-order chi connectivity index (χ0) is 15.6. The highest BCUT2D eigenvalue weighted by Gasteiger charge is 2.19. The first-order valence-electron chi connectivity index (χ1n) is 5.84. The summed E-state index contributed by atoms with van der Waals surface area (Å²) in [7, 11) is 0. The van der Waals surface area contributed by atoms with Crippen LogP contribution in [-0.4, -0.2) is 16.0 Å². The fourth-order valence-corrected chi connectivity index (χ4v) is 2.09. The molecular weight excluding hydrogens is 342 g/mol. The molecule has 0 unspecified atom stereocenters. The number of hydrogen-bond acceptors (Lipinski definition) is 4. The number of aryl methyl sites for hydroxylation is 1. The topological polar surface area (TPSA) is 89.7 Å². The van der Waals surface area contributed by atoms with Crippen LogP contribution in [0, 0.1) is 17.0 Å². The number of nitro benzene ring substituents is 1. The second-order valence-electron chi connectivity index (χ2n) is 4.28. The van der Waals surface area contributed by atoms with Crippen molar-refractivity contribution < 1.29 is 19.6 Å². The number of hydrogen-bond donors (Lipinski definition) is 1. The van der Waals surface area contributed by atoms with E-state index in [1.165, 1.54) is 24.3 Å². The Kier molecular flexibility index (Phi) is 4.23. The van der Waals surface area contributed by atoms with E-state index in [4.69, 9.17) is 9.84 Å². The minimum atomic E-state index is -1.18. The number of halogens is 1. The maximum atomic E-state index is 11.2. The number of rotatable bonds is 4. The minimum Gasteiger partial charge on any atom is -0.478 e. The van der Waals surface area contributed by atoms with Gasteiger partial charge in [0.1, 0.15) is 11.3 Å². The molecule has 0 bridgehead atoms. The summed E-state index contributed by atoms with van der Waals surface area (Å²) >= 11 is 3.17. The van der Waals surface area contributed by atoms with E-state index in [-0.39, 0.29) is 22.7 Å². The zero-order valence-electron chi connectivity index (χ0n) is 10.9. The molecule has 0 aliphatic heterocycles. The summed E-state index contributed by atoms with van der Waals surface area (Å²) in [6.45, 7) is 1.72. The molecule has 0 radical (unpaired) electrons. The Bertz CT molecular complexity index is 668. The van der Waals surface area contributed by atoms with Gasteiger partial charge in [-0.05, 0) is 36.8 Å². The molecule has 1 N–H and O–H groups in total. The van der Waals surface area contributed by atoms with Gasteiger partial charge in [0.05, 0.1) is 4.92 Å². The fraction of sp³-hybridized carbons (Fsp3) is 0.0714. The van der Waals surface area contributed by atoms with Crippen LogP contribution in [0.4, 0.5) is 5.69 Å². The molecule has 21 heavy (non-hydrogen) atoms. The summed E-state index contributed by atoms with van der Waals surface area (Å²) in [4.78, 5) is 21.7. The third-order valence-corrected chi connectivity index (χ3v) is 3.20. The number of ether oxygens (including phenoxy) is 1. The SMILES string of the molecule is Cc1ccc(Oc2ccc(Br)cc2C(=O)O)c([N+](=O)[O-])c1. The number of carbonyl (C=O) groups is 1. The molecule has 0 saturated heterocycles. The quantitative estimate of drug-likeness (QED) is 0.659. The third kappa shape index (κ3) is 3.38. The van der Waals surface area contributed by atoms with Gasteiger partial charge < -0.3 is 9.84 Å². The van der Waals surface area contributed by atoms with E-state index in [2.05, 4.69) is 15.9 Å². The average molecular weight is 352 g/mol. The molecule has 0 fully saturated rings. The molecule has 7 heteroatoms. The Morgan fingerprint density at radius 2 is 1.90 bits per heavy atom. The van der Waals surface area contributed by atoms with E-state index in [0.29, 0.717) is 10.0 Å². The number of carboxylic acids is 1. The predicted molar refractivity (Wildman–Crippen MR) is 79.0 cm³/mol. The number of nitrogens with zero attached hydrogens (tertiary/aromatic N) is 1. The van der Waals surface area contributed by atoms with Crippen molar-refractivity contribution in [1.82, 2.24) is 0 Å². The summed E-state index contributed by atoms with van der Waals surface area (Å²) in [6.07, 6.45) is 0. The Labute approximate surface area is 128 Å². The maximum absolute atomic E-state index is 11.2. The first-order valence-corrected chi connectivity index (χ1v) is 6.63. The van der Waals surface area contributed by atoms with Gasteiger partial charge in [0, 0.05) is 10.5 Å². The molecule has 0 aliphatic carbocycles. The van der Waals surface area contributed by atoms with Gasteiger partial charge in [0.15, 0.2) is 0 Å². The minimum absolute atomic E-state index is 0.00424. The van der Waals surface area contributed by atoms with Gasteiger partial charge in [0.2, 0.25) is 5.75 Å². The molecule has 0 aromatic heterocycles. The van der Waals surface area contributed by atoms with E-state index in [1.807, 2.05) is 0 Å². The van der Waals surface area contributed by atoms with Crippen molar-refractivity contribution in [2.75, 3.05) is 0 Å². The largest absolute Gasteiger partial charge is 0.478 e. The second-order valence-corrected chi connectivity index (χ2v) is 5.19. The summed E-state index contributed by atoms with van der Waals surface area (Å²) < 4.78 is 6.00. The highest BCUT2D eigenvalue weighted by molar-refractivity contribution is 9.10. The lowest BCUT2D eigenvalue weighted by Gasteiger charge is -2.09. The average Bonchev–Trinajstić information content (AvgIpc) is 2.42. The van der Waals surface area contributed by atoms with E-state index < -0.39 is 10.9 Å². The maximum Gasteiger partial charge on any atom is 0.339 e. The van der Waals surface area contributed by atoms with Crippen LogP contribution in [0.1, 0.15) is 15.9 Å². The Hall–Kier alpha value is -2.41. The van der Waals surface area contributed by atoms with Gasteiger partial charge in [-0.25, -0.2) is 4.79 Å². The molecule has 2 rings (SSSR count). The van der Waals surface area contributed by atoms with Gasteiger partial charge in [-0.2, -0.15) is 0 Å². The Balaban J connectivity index is 2.48. The lowest BCUT2D eigenvalue weighted by atomic mass is 10.2. The Morgan fingerprint density at radius 1 is 1.24 bits per heavy atom. The van der Waals surface area contributed by atoms with Crippen LogP contribution in [0.3, 0.4) is 0 Å². The van der Waals surface area contributed by atoms with Crippen molar-refractivity contribution in [2.24, 2.45) is 0 Å². The van der Waals surface area contributed by atoms with Crippen LogP contribution in [0.5, 0.6) is 11.5 Å². The van der Waals surface area contributed by atoms with Crippen molar-refractivity contribution in [1.29, 1.82) is 0 Å². The normalized spacial score (nSPS) is 10.2. The molecule has 0 amide bonds. The third-order valence-electron chi connectivity index (χ3n) is 2.70. The number of benzene rings is 2. The fourth-order valence-electron chi connectivity index (χ4n) is 1.73. The lowest BCUT2D eigenvalue weighted by molar-refractivity contribution is -0.385. The molecular formula is C14H10BrNO5. The van der Waals surface area contributed by atoms with Crippen LogP contribution in [0.2, 0.25) is 0 Å². The number of aromatic carboxylic acids is 1. The summed E-state index contributed by atoms with van der Waals surface area (Å²) in [5, 5.41) is 20.2. The van der Waals surface area contributed by atoms with Crippen molar-refractivity contribution in [3.63, 3.8) is 0 Å². The van der Waals surface area contributed by atoms with E-state index in [1.54, 1.807) is 19.1 Å². The van der Waals surface area contributed by atoms with Crippen LogP contribution < -0.4 is 4.74 Å². The van der Waals surface area contributed by atoms with Crippen LogP contribution in [0.15, 0.2) is 40.9 Å². The lowest BCUT2D eigenvalue weighted by Crippen LogP contribution is -2.01. The van der Waals surface area contributed by atoms with Gasteiger partial charge in [-0.1, -0.05) is 22.0 Å². The first-order chi connectivity index (χ1) is 9.88. The van der Waals surface area contributed by atoms with Crippen LogP contribution in [0.25, 0.3) is 0 Å². The van der Waals surface area contributed by atoms with Gasteiger partial charge in [0.25, 0.3) is 0 Å². The van der Waals surface area contributed by atoms with Gasteiger partial charge in [-0.15, -0.1) is 0 Å². The van der Waals surface area contributed by atoms with E-state index >= 15 is 0 Å². The molecule has 108 valence electrons. The van der Waals surface area contributed by atoms with Crippen molar-refractivity contribution in [3.05, 3.63) is 62.1 Å². The molecule has 0 saturated carbocycles. The molecule has 0 spiro atoms. The monoisotopic (exact) mass is 351 g/mol. The van der Waals surface area contributed by atoms with Crippen molar-refractivity contribution in [2.45, 2.75) is 6.92 Å². The summed E-state index contributed by atoms with van der Waals surface area (Å²) in [5.74, 6) is -1.14. The highest BCUT2D eigenvalue weighted by Crippen LogP contribution is 2.34. The smallest absolute Gasteiger partial charge is 0.339 e. The molecule has 2 aromatic rings. The molecule has 0 heterocycles. The van der Waals surface area contributed by atoms with Gasteiger partial charge >= 0.3 is 11.7 Å². The van der Waals surface area contributed by atoms with E-state index in [0.717, 1.165) is 0 Å². The molecule has 6 nitrogen and oxygen atoms in total. The van der Waals surface area contributed by atoms with Crippen molar-refractivity contribution >= 4 is 27.6 Å². The number of nitro groups is 1. The molecule has 0 atom stereocenters. The molecule has 2 aromatic carbocycles. The summed E-state index contributed by atoms with van der Waals surface area (Å²) in [6, 6.07) is 8.88. The summed E-state index contributed by atoms with van der Waals surface area (Å²) in [5.41, 5.74) is 0.414. The highest BCUT2D eigenvalue weighted by atomic mass is 79.9. The first kappa shape index (κ1) is 15.0. The number of carboxylic acid groups (broad SMARTS) is 1. The Morgan fingerprint density at radius 3 is 2.52 bits per heavy atom. The zero-order valence-corrected chi connectivity index (χ0v) is 12.5.